The van der Waals surface area contributed by atoms with E-state index in [1.54, 1.807) is 6.21 Å². The van der Waals surface area contributed by atoms with Crippen LogP contribution in [0.2, 0.25) is 0 Å². The number of hydrogen-bond acceptors (Lipinski definition) is 6. The van der Waals surface area contributed by atoms with E-state index >= 15 is 0 Å². The molecule has 1 N–H and O–H groups in total. The zero-order valence-electron chi connectivity index (χ0n) is 18.1. The van der Waals surface area contributed by atoms with Gasteiger partial charge in [0.1, 0.15) is 19.0 Å². The molecule has 162 valence electrons. The predicted molar refractivity (Wildman–Crippen MR) is 117 cm³/mol. The number of aryl methyl sites for hydroxylation is 2. The lowest BCUT2D eigenvalue weighted by Crippen LogP contribution is -2.13. The van der Waals surface area contributed by atoms with Gasteiger partial charge in [-0.25, -0.2) is 5.43 Å². The summed E-state index contributed by atoms with van der Waals surface area (Å²) in [7, 11) is 0. The van der Waals surface area contributed by atoms with Crippen LogP contribution in [0, 0.1) is 13.8 Å². The molecule has 2 rings (SSSR count). The van der Waals surface area contributed by atoms with E-state index < -0.39 is 0 Å². The molecule has 0 spiro atoms. The van der Waals surface area contributed by atoms with Crippen molar-refractivity contribution in [2.24, 2.45) is 5.10 Å². The molecule has 0 saturated carbocycles. The fourth-order valence-electron chi connectivity index (χ4n) is 2.52. The van der Waals surface area contributed by atoms with Gasteiger partial charge in [0.15, 0.2) is 11.5 Å². The molecule has 0 aliphatic carbocycles. The molecule has 0 aliphatic heterocycles. The van der Waals surface area contributed by atoms with Crippen LogP contribution >= 0.6 is 0 Å². The van der Waals surface area contributed by atoms with Crippen LogP contribution in [0.3, 0.4) is 0 Å². The van der Waals surface area contributed by atoms with Gasteiger partial charge in [0.05, 0.1) is 26.0 Å². The molecule has 0 atom stereocenters. The smallest absolute Gasteiger partial charge is 0.236 e. The average Bonchev–Trinajstić information content (AvgIpc) is 2.71. The standard InChI is InChI=1S/C23H30N2O5/c1-5-28-23-15-20(16-24-25-19(4)26)7-9-22(23)30-13-11-27-10-12-29-21-8-6-17(2)18(3)14-21/h6-9,14-16H,5,10-13H2,1-4H3,(H,25,26). The number of carbonyl (C=O) groups is 1. The first-order valence-electron chi connectivity index (χ1n) is 9.96. The number of ether oxygens (including phenoxy) is 4. The lowest BCUT2D eigenvalue weighted by molar-refractivity contribution is -0.118. The van der Waals surface area contributed by atoms with E-state index in [9.17, 15) is 4.79 Å². The van der Waals surface area contributed by atoms with Gasteiger partial charge in [0.25, 0.3) is 0 Å². The molecule has 0 saturated heterocycles. The molecule has 7 heteroatoms. The largest absolute Gasteiger partial charge is 0.491 e. The van der Waals surface area contributed by atoms with Crippen LogP contribution in [0.5, 0.6) is 17.2 Å². The third-order valence-corrected chi connectivity index (χ3v) is 4.16. The fraction of sp³-hybridized carbons (Fsp3) is 0.391. The van der Waals surface area contributed by atoms with Crippen molar-refractivity contribution >= 4 is 12.1 Å². The van der Waals surface area contributed by atoms with Crippen LogP contribution in [-0.4, -0.2) is 45.2 Å². The first-order valence-corrected chi connectivity index (χ1v) is 9.96. The Morgan fingerprint density at radius 3 is 2.40 bits per heavy atom. The second kappa shape index (κ2) is 12.5. The first kappa shape index (κ1) is 23.2. The summed E-state index contributed by atoms with van der Waals surface area (Å²) in [6.07, 6.45) is 1.55. The topological polar surface area (TPSA) is 78.4 Å². The maximum absolute atomic E-state index is 10.9. The highest BCUT2D eigenvalue weighted by molar-refractivity contribution is 5.82. The molecule has 0 aliphatic rings. The Kier molecular flexibility index (Phi) is 9.67. The van der Waals surface area contributed by atoms with Crippen molar-refractivity contribution in [3.8, 4) is 17.2 Å². The minimum Gasteiger partial charge on any atom is -0.491 e. The van der Waals surface area contributed by atoms with Crippen molar-refractivity contribution in [2.75, 3.05) is 33.0 Å². The van der Waals surface area contributed by atoms with E-state index in [-0.39, 0.29) is 5.91 Å². The molecule has 1 amide bonds. The monoisotopic (exact) mass is 414 g/mol. The van der Waals surface area contributed by atoms with Gasteiger partial charge in [0.2, 0.25) is 5.91 Å². The Bertz CT molecular complexity index is 851. The van der Waals surface area contributed by atoms with E-state index in [1.807, 2.05) is 43.3 Å². The normalized spacial score (nSPS) is 10.8. The molecule has 0 heterocycles. The number of carbonyl (C=O) groups excluding carboxylic acids is 1. The van der Waals surface area contributed by atoms with E-state index in [2.05, 4.69) is 24.4 Å². The van der Waals surface area contributed by atoms with Crippen LogP contribution in [0.4, 0.5) is 0 Å². The molecule has 2 aromatic rings. The summed E-state index contributed by atoms with van der Waals surface area (Å²) >= 11 is 0. The Morgan fingerprint density at radius 1 is 0.933 bits per heavy atom. The highest BCUT2D eigenvalue weighted by Crippen LogP contribution is 2.28. The molecular formula is C23H30N2O5. The summed E-state index contributed by atoms with van der Waals surface area (Å²) in [4.78, 5) is 10.9. The van der Waals surface area contributed by atoms with Gasteiger partial charge < -0.3 is 18.9 Å². The molecule has 0 fully saturated rings. The third-order valence-electron chi connectivity index (χ3n) is 4.16. The van der Waals surface area contributed by atoms with Gasteiger partial charge in [-0.15, -0.1) is 0 Å². The average molecular weight is 415 g/mol. The van der Waals surface area contributed by atoms with E-state index in [4.69, 9.17) is 18.9 Å². The predicted octanol–water partition coefficient (Wildman–Crippen LogP) is 3.65. The molecule has 0 unspecified atom stereocenters. The summed E-state index contributed by atoms with van der Waals surface area (Å²) in [5.74, 6) is 1.86. The van der Waals surface area contributed by atoms with Crippen LogP contribution in [0.15, 0.2) is 41.5 Å². The zero-order chi connectivity index (χ0) is 21.8. The maximum atomic E-state index is 10.9. The Labute approximate surface area is 178 Å². The van der Waals surface area contributed by atoms with Gasteiger partial charge in [-0.2, -0.15) is 5.10 Å². The molecule has 0 bridgehead atoms. The van der Waals surface area contributed by atoms with Gasteiger partial charge in [-0.1, -0.05) is 6.07 Å². The van der Waals surface area contributed by atoms with Crippen molar-refractivity contribution in [2.45, 2.75) is 27.7 Å². The second-order valence-electron chi connectivity index (χ2n) is 6.62. The number of hydrazone groups is 1. The van der Waals surface area contributed by atoms with Crippen molar-refractivity contribution < 1.29 is 23.7 Å². The molecule has 2 aromatic carbocycles. The Morgan fingerprint density at radius 2 is 1.70 bits per heavy atom. The Hall–Kier alpha value is -3.06. The quantitative estimate of drug-likeness (QED) is 0.326. The number of benzene rings is 2. The molecule has 30 heavy (non-hydrogen) atoms. The summed E-state index contributed by atoms with van der Waals surface area (Å²) < 4.78 is 22.7. The maximum Gasteiger partial charge on any atom is 0.236 e. The summed E-state index contributed by atoms with van der Waals surface area (Å²) in [5, 5.41) is 3.85. The number of rotatable bonds is 12. The Balaban J connectivity index is 1.73. The van der Waals surface area contributed by atoms with E-state index in [0.29, 0.717) is 44.5 Å². The summed E-state index contributed by atoms with van der Waals surface area (Å²) in [6.45, 7) is 9.74. The van der Waals surface area contributed by atoms with E-state index in [0.717, 1.165) is 11.3 Å². The van der Waals surface area contributed by atoms with Crippen molar-refractivity contribution in [1.29, 1.82) is 0 Å². The fourth-order valence-corrected chi connectivity index (χ4v) is 2.52. The first-order chi connectivity index (χ1) is 14.5. The highest BCUT2D eigenvalue weighted by Gasteiger charge is 2.06. The minimum absolute atomic E-state index is 0.226. The highest BCUT2D eigenvalue weighted by atomic mass is 16.6. The van der Waals surface area contributed by atoms with Gasteiger partial charge in [-0.05, 0) is 67.8 Å². The van der Waals surface area contributed by atoms with Gasteiger partial charge in [-0.3, -0.25) is 4.79 Å². The van der Waals surface area contributed by atoms with Crippen molar-refractivity contribution in [3.05, 3.63) is 53.1 Å². The van der Waals surface area contributed by atoms with Crippen molar-refractivity contribution in [1.82, 2.24) is 5.43 Å². The number of amides is 1. The lowest BCUT2D eigenvalue weighted by Gasteiger charge is -2.13. The molecular weight excluding hydrogens is 384 g/mol. The van der Waals surface area contributed by atoms with Crippen LogP contribution in [-0.2, 0) is 9.53 Å². The lowest BCUT2D eigenvalue weighted by atomic mass is 10.1. The molecule has 0 radical (unpaired) electrons. The molecule has 0 aromatic heterocycles. The van der Waals surface area contributed by atoms with Gasteiger partial charge >= 0.3 is 0 Å². The van der Waals surface area contributed by atoms with E-state index in [1.165, 1.54) is 18.1 Å². The zero-order valence-corrected chi connectivity index (χ0v) is 18.1. The number of hydrogen-bond donors (Lipinski definition) is 1. The second-order valence-corrected chi connectivity index (χ2v) is 6.62. The number of nitrogens with one attached hydrogen (secondary N) is 1. The van der Waals surface area contributed by atoms with Gasteiger partial charge in [0, 0.05) is 6.92 Å². The number of nitrogens with zero attached hydrogens (tertiary/aromatic N) is 1. The SMILES string of the molecule is CCOc1cc(C=NNC(C)=O)ccc1OCCOCCOc1ccc(C)c(C)c1. The molecule has 7 nitrogen and oxygen atoms in total. The third kappa shape index (κ3) is 8.13. The summed E-state index contributed by atoms with van der Waals surface area (Å²) in [5.41, 5.74) is 5.61. The van der Waals surface area contributed by atoms with Crippen molar-refractivity contribution in [3.63, 3.8) is 0 Å². The minimum atomic E-state index is -0.226. The van der Waals surface area contributed by atoms with Crippen LogP contribution in [0.25, 0.3) is 0 Å². The van der Waals surface area contributed by atoms with Crippen LogP contribution < -0.4 is 19.6 Å². The van der Waals surface area contributed by atoms with Crippen LogP contribution in [0.1, 0.15) is 30.5 Å². The summed E-state index contributed by atoms with van der Waals surface area (Å²) in [6, 6.07) is 11.5.